The number of nitrogens with one attached hydrogen (secondary N) is 1. The summed E-state index contributed by atoms with van der Waals surface area (Å²) < 4.78 is 9.84. The predicted molar refractivity (Wildman–Crippen MR) is 70.0 cm³/mol. The van der Waals surface area contributed by atoms with E-state index in [0.717, 1.165) is 0 Å². The van der Waals surface area contributed by atoms with E-state index in [1.165, 1.54) is 26.4 Å². The predicted octanol–water partition coefficient (Wildman–Crippen LogP) is 0.620. The maximum Gasteiger partial charge on any atom is 0.306 e. The summed E-state index contributed by atoms with van der Waals surface area (Å²) in [5.41, 5.74) is 0.0505. The summed E-state index contributed by atoms with van der Waals surface area (Å²) in [4.78, 5) is 22.5. The molecule has 0 heterocycles. The van der Waals surface area contributed by atoms with Gasteiger partial charge >= 0.3 is 5.97 Å². The highest BCUT2D eigenvalue weighted by Gasteiger charge is 2.17. The van der Waals surface area contributed by atoms with E-state index in [0.29, 0.717) is 0 Å². The smallest absolute Gasteiger partial charge is 0.306 e. The van der Waals surface area contributed by atoms with Crippen molar-refractivity contribution in [2.75, 3.05) is 20.8 Å². The number of amides is 1. The van der Waals surface area contributed by atoms with Gasteiger partial charge in [0.1, 0.15) is 0 Å². The molecule has 1 aromatic rings. The molecule has 110 valence electrons. The third-order valence-corrected chi connectivity index (χ3v) is 2.69. The molecule has 1 rings (SSSR count). The number of hydrogen-bond acceptors (Lipinski definition) is 5. The summed E-state index contributed by atoms with van der Waals surface area (Å²) in [5, 5.41) is 21.0. The van der Waals surface area contributed by atoms with Crippen molar-refractivity contribution in [1.82, 2.24) is 5.32 Å². The second-order valence-corrected chi connectivity index (χ2v) is 4.02. The number of benzene rings is 1. The number of carbonyl (C=O) groups is 2. The lowest BCUT2D eigenvalue weighted by Crippen LogP contribution is -2.34. The SMILES string of the molecule is COc1cccc(C(=O)NCC(CC(=O)O)OC)c1O. The first-order valence-corrected chi connectivity index (χ1v) is 5.88. The number of ether oxygens (including phenoxy) is 2. The molecule has 0 bridgehead atoms. The van der Waals surface area contributed by atoms with Crippen LogP contribution >= 0.6 is 0 Å². The highest BCUT2D eigenvalue weighted by atomic mass is 16.5. The second-order valence-electron chi connectivity index (χ2n) is 4.02. The van der Waals surface area contributed by atoms with Crippen LogP contribution in [0.4, 0.5) is 0 Å². The first-order chi connectivity index (χ1) is 9.49. The van der Waals surface area contributed by atoms with E-state index in [-0.39, 0.29) is 30.0 Å². The third kappa shape index (κ3) is 4.13. The van der Waals surface area contributed by atoms with Crippen molar-refractivity contribution in [3.8, 4) is 11.5 Å². The molecule has 3 N–H and O–H groups in total. The topological polar surface area (TPSA) is 105 Å². The average Bonchev–Trinajstić information content (AvgIpc) is 2.42. The van der Waals surface area contributed by atoms with Gasteiger partial charge in [-0.15, -0.1) is 0 Å². The Hall–Kier alpha value is -2.28. The standard InChI is InChI=1S/C13H17NO6/c1-19-8(6-11(15)16)7-14-13(18)9-4-3-5-10(20-2)12(9)17/h3-5,8,17H,6-7H2,1-2H3,(H,14,18)(H,15,16). The van der Waals surface area contributed by atoms with Crippen LogP contribution in [0.25, 0.3) is 0 Å². The number of para-hydroxylation sites is 1. The maximum atomic E-state index is 11.9. The Balaban J connectivity index is 2.69. The van der Waals surface area contributed by atoms with Gasteiger partial charge in [-0.3, -0.25) is 9.59 Å². The van der Waals surface area contributed by atoms with Crippen LogP contribution in [-0.2, 0) is 9.53 Å². The molecule has 0 radical (unpaired) electrons. The van der Waals surface area contributed by atoms with Gasteiger partial charge in [0.15, 0.2) is 11.5 Å². The van der Waals surface area contributed by atoms with Crippen LogP contribution in [0, 0.1) is 0 Å². The summed E-state index contributed by atoms with van der Waals surface area (Å²) in [5.74, 6) is -1.63. The molecule has 20 heavy (non-hydrogen) atoms. The first-order valence-electron chi connectivity index (χ1n) is 5.88. The van der Waals surface area contributed by atoms with E-state index >= 15 is 0 Å². The third-order valence-electron chi connectivity index (χ3n) is 2.69. The minimum Gasteiger partial charge on any atom is -0.504 e. The Morgan fingerprint density at radius 3 is 2.60 bits per heavy atom. The number of rotatable bonds is 7. The van der Waals surface area contributed by atoms with E-state index in [9.17, 15) is 14.7 Å². The highest BCUT2D eigenvalue weighted by Crippen LogP contribution is 2.29. The van der Waals surface area contributed by atoms with E-state index in [2.05, 4.69) is 5.32 Å². The Kier molecular flexibility index (Phi) is 5.79. The molecule has 1 amide bonds. The number of phenolic OH excluding ortho intramolecular Hbond substituents is 1. The summed E-state index contributed by atoms with van der Waals surface area (Å²) in [6.07, 6.45) is -0.856. The molecule has 0 aliphatic rings. The highest BCUT2D eigenvalue weighted by molar-refractivity contribution is 5.97. The molecule has 0 saturated heterocycles. The molecule has 7 heteroatoms. The number of phenols is 1. The number of carbonyl (C=O) groups excluding carboxylic acids is 1. The van der Waals surface area contributed by atoms with Gasteiger partial charge in [0.05, 0.1) is 25.2 Å². The number of hydrogen-bond donors (Lipinski definition) is 3. The Morgan fingerprint density at radius 1 is 1.35 bits per heavy atom. The molecule has 1 unspecified atom stereocenters. The quantitative estimate of drug-likeness (QED) is 0.677. The van der Waals surface area contributed by atoms with E-state index < -0.39 is 18.0 Å². The molecule has 0 aliphatic carbocycles. The zero-order valence-electron chi connectivity index (χ0n) is 11.3. The van der Waals surface area contributed by atoms with E-state index in [1.54, 1.807) is 6.07 Å². The minimum absolute atomic E-state index is 0.0261. The summed E-state index contributed by atoms with van der Waals surface area (Å²) >= 11 is 0. The Morgan fingerprint density at radius 2 is 2.05 bits per heavy atom. The number of aromatic hydroxyl groups is 1. The van der Waals surface area contributed by atoms with Crippen molar-refractivity contribution >= 4 is 11.9 Å². The molecular weight excluding hydrogens is 266 g/mol. The maximum absolute atomic E-state index is 11.9. The van der Waals surface area contributed by atoms with Gasteiger partial charge in [-0.1, -0.05) is 6.07 Å². The van der Waals surface area contributed by atoms with Gasteiger partial charge in [-0.2, -0.15) is 0 Å². The van der Waals surface area contributed by atoms with Crippen LogP contribution in [0.5, 0.6) is 11.5 Å². The Labute approximate surface area is 116 Å². The summed E-state index contributed by atoms with van der Waals surface area (Å²) in [6.45, 7) is 0.0261. The number of carboxylic acid groups (broad SMARTS) is 1. The van der Waals surface area contributed by atoms with Crippen molar-refractivity contribution in [1.29, 1.82) is 0 Å². The number of methoxy groups -OCH3 is 2. The van der Waals surface area contributed by atoms with Gasteiger partial charge in [0, 0.05) is 13.7 Å². The van der Waals surface area contributed by atoms with Crippen LogP contribution in [0.15, 0.2) is 18.2 Å². The molecule has 0 aliphatic heterocycles. The molecule has 0 fully saturated rings. The lowest BCUT2D eigenvalue weighted by atomic mass is 10.1. The van der Waals surface area contributed by atoms with Crippen LogP contribution in [0.3, 0.4) is 0 Å². The molecule has 0 aromatic heterocycles. The minimum atomic E-state index is -1.02. The molecule has 1 aromatic carbocycles. The van der Waals surface area contributed by atoms with Gasteiger partial charge in [-0.25, -0.2) is 0 Å². The van der Waals surface area contributed by atoms with Crippen LogP contribution in [0.1, 0.15) is 16.8 Å². The second kappa shape index (κ2) is 7.34. The molecular formula is C13H17NO6. The van der Waals surface area contributed by atoms with Crippen LogP contribution in [0.2, 0.25) is 0 Å². The van der Waals surface area contributed by atoms with Gasteiger partial charge in [0.25, 0.3) is 5.91 Å². The Bertz CT molecular complexity index is 488. The van der Waals surface area contributed by atoms with Gasteiger partial charge in [-0.05, 0) is 12.1 Å². The van der Waals surface area contributed by atoms with E-state index in [4.69, 9.17) is 14.6 Å². The fourth-order valence-corrected chi connectivity index (χ4v) is 1.61. The van der Waals surface area contributed by atoms with Crippen molar-refractivity contribution in [2.45, 2.75) is 12.5 Å². The molecule has 0 saturated carbocycles. The van der Waals surface area contributed by atoms with Crippen LogP contribution in [-0.4, -0.2) is 49.0 Å². The van der Waals surface area contributed by atoms with Crippen molar-refractivity contribution < 1.29 is 29.3 Å². The average molecular weight is 283 g/mol. The number of aliphatic carboxylic acids is 1. The van der Waals surface area contributed by atoms with Gasteiger partial charge < -0.3 is 25.0 Å². The van der Waals surface area contributed by atoms with Crippen molar-refractivity contribution in [3.63, 3.8) is 0 Å². The zero-order valence-corrected chi connectivity index (χ0v) is 11.3. The lowest BCUT2D eigenvalue weighted by Gasteiger charge is -2.14. The first kappa shape index (κ1) is 15.8. The normalized spacial score (nSPS) is 11.7. The van der Waals surface area contributed by atoms with E-state index in [1.807, 2.05) is 0 Å². The fourth-order valence-electron chi connectivity index (χ4n) is 1.61. The zero-order chi connectivity index (χ0) is 15.1. The number of carboxylic acids is 1. The lowest BCUT2D eigenvalue weighted by molar-refractivity contribution is -0.139. The van der Waals surface area contributed by atoms with Crippen LogP contribution < -0.4 is 10.1 Å². The monoisotopic (exact) mass is 283 g/mol. The molecule has 1 atom stereocenters. The molecule has 7 nitrogen and oxygen atoms in total. The summed E-state index contributed by atoms with van der Waals surface area (Å²) in [7, 11) is 2.74. The largest absolute Gasteiger partial charge is 0.504 e. The summed E-state index contributed by atoms with van der Waals surface area (Å²) in [6, 6.07) is 4.53. The van der Waals surface area contributed by atoms with Gasteiger partial charge in [0.2, 0.25) is 0 Å². The molecule has 0 spiro atoms. The fraction of sp³-hybridized carbons (Fsp3) is 0.385. The van der Waals surface area contributed by atoms with Crippen molar-refractivity contribution in [3.05, 3.63) is 23.8 Å². The van der Waals surface area contributed by atoms with Crippen molar-refractivity contribution in [2.24, 2.45) is 0 Å².